The molecule has 17 heavy (non-hydrogen) atoms. The van der Waals surface area contributed by atoms with Crippen LogP contribution in [0.4, 0.5) is 0 Å². The summed E-state index contributed by atoms with van der Waals surface area (Å²) in [7, 11) is 0. The van der Waals surface area contributed by atoms with Crippen LogP contribution in [0.1, 0.15) is 23.4 Å². The molecular weight excluding hydrogens is 236 g/mol. The summed E-state index contributed by atoms with van der Waals surface area (Å²) in [6, 6.07) is 7.55. The maximum absolute atomic E-state index is 11.1. The summed E-state index contributed by atoms with van der Waals surface area (Å²) in [6.07, 6.45) is 3.11. The van der Waals surface area contributed by atoms with Crippen molar-refractivity contribution in [3.63, 3.8) is 0 Å². The molecule has 1 radical (unpaired) electrons. The van der Waals surface area contributed by atoms with Crippen molar-refractivity contribution < 1.29 is 5.11 Å². The van der Waals surface area contributed by atoms with Gasteiger partial charge in [-0.1, -0.05) is 11.6 Å². The summed E-state index contributed by atoms with van der Waals surface area (Å²) < 4.78 is 1.89. The van der Waals surface area contributed by atoms with Crippen molar-refractivity contribution in [1.82, 2.24) is 9.78 Å². The van der Waals surface area contributed by atoms with Crippen molar-refractivity contribution in [3.05, 3.63) is 46.2 Å². The molecule has 3 nitrogen and oxygen atoms in total. The maximum Gasteiger partial charge on any atom is 0.126 e. The van der Waals surface area contributed by atoms with Gasteiger partial charge < -0.3 is 0 Å². The van der Waals surface area contributed by atoms with E-state index in [1.54, 1.807) is 0 Å². The highest BCUT2D eigenvalue weighted by atomic mass is 35.5. The van der Waals surface area contributed by atoms with E-state index < -0.39 is 0 Å². The number of rotatable bonds is 2. The topological polar surface area (TPSA) is 37.7 Å². The molecule has 0 unspecified atom stereocenters. The summed E-state index contributed by atoms with van der Waals surface area (Å²) in [6.45, 7) is -0.233. The molecule has 0 saturated heterocycles. The zero-order valence-corrected chi connectivity index (χ0v) is 10.1. The molecule has 1 heterocycles. The first kappa shape index (κ1) is 10.8. The van der Waals surface area contributed by atoms with Gasteiger partial charge in [0, 0.05) is 10.7 Å². The Hall–Kier alpha value is -1.32. The minimum atomic E-state index is -0.233. The first-order valence-corrected chi connectivity index (χ1v) is 6.11. The lowest BCUT2D eigenvalue weighted by Gasteiger charge is -2.05. The Kier molecular flexibility index (Phi) is 2.65. The number of nitrogens with zero attached hydrogens (tertiary/aromatic N) is 2. The average molecular weight is 248 g/mol. The molecule has 0 saturated carbocycles. The number of benzene rings is 1. The molecule has 0 atom stereocenters. The van der Waals surface area contributed by atoms with Crippen LogP contribution in [0.2, 0.25) is 5.02 Å². The van der Waals surface area contributed by atoms with Gasteiger partial charge in [0.15, 0.2) is 0 Å². The second kappa shape index (κ2) is 4.17. The van der Waals surface area contributed by atoms with Crippen LogP contribution in [0.3, 0.4) is 0 Å². The molecule has 0 amide bonds. The fraction of sp³-hybridized carbons (Fsp3) is 0.308. The van der Waals surface area contributed by atoms with Gasteiger partial charge in [0.25, 0.3) is 0 Å². The van der Waals surface area contributed by atoms with Crippen LogP contribution in [-0.4, -0.2) is 9.78 Å². The van der Waals surface area contributed by atoms with Crippen LogP contribution in [0.15, 0.2) is 24.3 Å². The predicted molar refractivity (Wildman–Crippen MR) is 65.0 cm³/mol. The van der Waals surface area contributed by atoms with Crippen LogP contribution in [-0.2, 0) is 24.6 Å². The van der Waals surface area contributed by atoms with Gasteiger partial charge in [-0.15, -0.1) is 0 Å². The molecule has 0 fully saturated rings. The molecule has 0 aliphatic heterocycles. The minimum absolute atomic E-state index is 0.233. The third kappa shape index (κ3) is 1.75. The van der Waals surface area contributed by atoms with Crippen molar-refractivity contribution in [2.24, 2.45) is 0 Å². The van der Waals surface area contributed by atoms with Crippen molar-refractivity contribution in [2.45, 2.75) is 25.9 Å². The van der Waals surface area contributed by atoms with E-state index >= 15 is 0 Å². The van der Waals surface area contributed by atoms with Crippen molar-refractivity contribution in [1.29, 1.82) is 0 Å². The Bertz CT molecular complexity index is 545. The van der Waals surface area contributed by atoms with Gasteiger partial charge in [-0.3, -0.25) is 0 Å². The Morgan fingerprint density at radius 2 is 2.00 bits per heavy atom. The fourth-order valence-electron chi connectivity index (χ4n) is 2.43. The normalized spacial score (nSPS) is 14.0. The summed E-state index contributed by atoms with van der Waals surface area (Å²) in [5, 5.41) is 16.2. The Labute approximate surface area is 105 Å². The van der Waals surface area contributed by atoms with E-state index in [4.69, 9.17) is 11.6 Å². The zero-order valence-electron chi connectivity index (χ0n) is 9.32. The van der Waals surface area contributed by atoms with Gasteiger partial charge in [-0.2, -0.15) is 5.10 Å². The molecule has 0 bridgehead atoms. The van der Waals surface area contributed by atoms with Gasteiger partial charge >= 0.3 is 0 Å². The van der Waals surface area contributed by atoms with Crippen LogP contribution in [0.5, 0.6) is 0 Å². The minimum Gasteiger partial charge on any atom is -0.237 e. The first-order chi connectivity index (χ1) is 8.29. The summed E-state index contributed by atoms with van der Waals surface area (Å²) in [5.74, 6) is 0. The van der Waals surface area contributed by atoms with Gasteiger partial charge in [-0.25, -0.2) is 9.79 Å². The predicted octanol–water partition coefficient (Wildman–Crippen LogP) is 2.94. The van der Waals surface area contributed by atoms with E-state index in [9.17, 15) is 5.11 Å². The molecule has 0 spiro atoms. The van der Waals surface area contributed by atoms with Crippen LogP contribution < -0.4 is 0 Å². The molecule has 3 rings (SSSR count). The smallest absolute Gasteiger partial charge is 0.126 e. The van der Waals surface area contributed by atoms with E-state index in [1.165, 1.54) is 5.69 Å². The van der Waals surface area contributed by atoms with Gasteiger partial charge in [0.2, 0.25) is 0 Å². The lowest BCUT2D eigenvalue weighted by Crippen LogP contribution is -2.01. The lowest BCUT2D eigenvalue weighted by molar-refractivity contribution is 0.172. The van der Waals surface area contributed by atoms with Crippen molar-refractivity contribution in [3.8, 4) is 5.69 Å². The van der Waals surface area contributed by atoms with E-state index in [2.05, 4.69) is 5.10 Å². The molecule has 1 aromatic carbocycles. The highest BCUT2D eigenvalue weighted by Gasteiger charge is 2.22. The molecular formula is C13H12ClN2O. The highest BCUT2D eigenvalue weighted by molar-refractivity contribution is 6.30. The molecule has 0 N–H and O–H groups in total. The Morgan fingerprint density at radius 3 is 2.71 bits per heavy atom. The third-order valence-corrected chi connectivity index (χ3v) is 3.47. The van der Waals surface area contributed by atoms with E-state index in [0.717, 1.165) is 30.5 Å². The van der Waals surface area contributed by atoms with Crippen molar-refractivity contribution >= 4 is 11.6 Å². The molecule has 4 heteroatoms. The Balaban J connectivity index is 2.12. The van der Waals surface area contributed by atoms with Crippen molar-refractivity contribution in [2.75, 3.05) is 0 Å². The molecule has 87 valence electrons. The Morgan fingerprint density at radius 1 is 1.24 bits per heavy atom. The third-order valence-electron chi connectivity index (χ3n) is 3.22. The summed E-state index contributed by atoms with van der Waals surface area (Å²) >= 11 is 5.87. The molecule has 2 aromatic rings. The second-order valence-electron chi connectivity index (χ2n) is 4.26. The van der Waals surface area contributed by atoms with Crippen LogP contribution in [0, 0.1) is 0 Å². The quantitative estimate of drug-likeness (QED) is 0.804. The molecule has 1 aliphatic rings. The number of halogens is 1. The lowest BCUT2D eigenvalue weighted by atomic mass is 10.2. The monoisotopic (exact) mass is 247 g/mol. The van der Waals surface area contributed by atoms with Gasteiger partial charge in [-0.05, 0) is 49.1 Å². The van der Waals surface area contributed by atoms with E-state index in [1.807, 2.05) is 28.9 Å². The van der Waals surface area contributed by atoms with E-state index in [0.29, 0.717) is 10.7 Å². The second-order valence-corrected chi connectivity index (χ2v) is 4.69. The zero-order chi connectivity index (χ0) is 11.8. The number of hydrogen-bond acceptors (Lipinski definition) is 1. The number of fused-ring (bicyclic) bond motifs is 1. The summed E-state index contributed by atoms with van der Waals surface area (Å²) in [4.78, 5) is 0. The first-order valence-electron chi connectivity index (χ1n) is 5.73. The number of aromatic nitrogens is 2. The van der Waals surface area contributed by atoms with Crippen LogP contribution >= 0.6 is 11.6 Å². The SMILES string of the molecule is [O]Cc1nn(-c2ccc(Cl)cc2)c2c1CCC2. The molecule has 1 aliphatic carbocycles. The van der Waals surface area contributed by atoms with Crippen LogP contribution in [0.25, 0.3) is 5.69 Å². The maximum atomic E-state index is 11.1. The summed E-state index contributed by atoms with van der Waals surface area (Å²) in [5.41, 5.74) is 4.04. The largest absolute Gasteiger partial charge is 0.237 e. The van der Waals surface area contributed by atoms with E-state index in [-0.39, 0.29) is 6.61 Å². The highest BCUT2D eigenvalue weighted by Crippen LogP contribution is 2.28. The number of hydrogen-bond donors (Lipinski definition) is 0. The van der Waals surface area contributed by atoms with Gasteiger partial charge in [0.1, 0.15) is 6.61 Å². The molecule has 1 aromatic heterocycles. The standard InChI is InChI=1S/C13H12ClN2O/c14-9-4-6-10(7-5-9)16-13-3-1-2-11(13)12(8-17)15-16/h4-7H,1-3,8H2. The van der Waals surface area contributed by atoms with Gasteiger partial charge in [0.05, 0.1) is 11.4 Å². The average Bonchev–Trinajstić information content (AvgIpc) is 2.91. The fourth-order valence-corrected chi connectivity index (χ4v) is 2.55.